The minimum Gasteiger partial charge on any atom is -0.481 e. The Morgan fingerprint density at radius 2 is 1.82 bits per heavy atom. The molecule has 2 heterocycles. The second-order valence-corrected chi connectivity index (χ2v) is 8.96. The molecule has 4 rings (SSSR count). The molecule has 40 heavy (non-hydrogen) atoms. The summed E-state index contributed by atoms with van der Waals surface area (Å²) >= 11 is 0. The molecular formula is C27H26N4O9. The van der Waals surface area contributed by atoms with Crippen LogP contribution >= 0.6 is 0 Å². The molecular weight excluding hydrogens is 524 g/mol. The van der Waals surface area contributed by atoms with Gasteiger partial charge in [0.05, 0.1) is 30.4 Å². The fraction of sp³-hybridized carbons (Fsp3) is 0.259. The van der Waals surface area contributed by atoms with Crippen LogP contribution in [0.25, 0.3) is 6.08 Å². The highest BCUT2D eigenvalue weighted by Gasteiger charge is 2.36. The van der Waals surface area contributed by atoms with Gasteiger partial charge in [0, 0.05) is 13.0 Å². The molecule has 13 heteroatoms. The molecule has 2 aromatic carbocycles. The Kier molecular flexibility index (Phi) is 8.42. The highest BCUT2D eigenvalue weighted by atomic mass is 16.7. The molecule has 4 amide bonds. The molecule has 0 fully saturated rings. The fourth-order valence-electron chi connectivity index (χ4n) is 4.28. The van der Waals surface area contributed by atoms with E-state index in [4.69, 9.17) is 14.6 Å². The monoisotopic (exact) mass is 550 g/mol. The van der Waals surface area contributed by atoms with Crippen LogP contribution in [-0.4, -0.2) is 73.0 Å². The molecule has 0 aliphatic carbocycles. The summed E-state index contributed by atoms with van der Waals surface area (Å²) in [6.07, 6.45) is 2.39. The first-order valence-corrected chi connectivity index (χ1v) is 12.2. The van der Waals surface area contributed by atoms with E-state index in [0.717, 1.165) is 4.90 Å². The van der Waals surface area contributed by atoms with Gasteiger partial charge in [0.1, 0.15) is 18.9 Å². The van der Waals surface area contributed by atoms with Crippen LogP contribution in [0.1, 0.15) is 18.9 Å². The van der Waals surface area contributed by atoms with Crippen LogP contribution < -0.4 is 29.9 Å². The molecule has 0 spiro atoms. The summed E-state index contributed by atoms with van der Waals surface area (Å²) in [5.41, 5.74) is 1.21. The van der Waals surface area contributed by atoms with Gasteiger partial charge < -0.3 is 34.9 Å². The number of anilines is 2. The van der Waals surface area contributed by atoms with E-state index in [1.807, 2.05) is 0 Å². The number of carboxylic acid groups (broad SMARTS) is 1. The third kappa shape index (κ3) is 6.43. The van der Waals surface area contributed by atoms with Crippen molar-refractivity contribution in [3.63, 3.8) is 0 Å². The van der Waals surface area contributed by atoms with Crippen molar-refractivity contribution in [2.45, 2.75) is 25.4 Å². The molecule has 2 atom stereocenters. The zero-order chi connectivity index (χ0) is 28.8. The number of fused-ring (bicyclic) bond motifs is 2. The predicted molar refractivity (Wildman–Crippen MR) is 141 cm³/mol. The minimum absolute atomic E-state index is 0.103. The number of ether oxygens (including phenoxy) is 2. The third-order valence-corrected chi connectivity index (χ3v) is 6.12. The van der Waals surface area contributed by atoms with E-state index < -0.39 is 54.6 Å². The summed E-state index contributed by atoms with van der Waals surface area (Å²) in [6, 6.07) is 8.97. The molecule has 13 nitrogen and oxygen atoms in total. The third-order valence-electron chi connectivity index (χ3n) is 6.12. The van der Waals surface area contributed by atoms with Gasteiger partial charge in [-0.2, -0.15) is 0 Å². The maximum atomic E-state index is 13.7. The van der Waals surface area contributed by atoms with E-state index >= 15 is 0 Å². The van der Waals surface area contributed by atoms with Crippen LogP contribution in [-0.2, 0) is 28.8 Å². The standard InChI is InChI=1S/C27H26N4O9/c1-16(33)30-12-19(29-24(34)9-7-17-6-8-22-23(10-17)40-15-39-22)27(38)31(21-5-3-2-4-20(21)30)13-25(35)28-18(14-32)11-26(36)37/h2-10,14,18-19H,11-13,15H2,1H3,(H,28,35)(H,29,34)(H,36,37)/b9-7+/t18-,19-/m0/s1. The number of nitrogens with one attached hydrogen (secondary N) is 2. The summed E-state index contributed by atoms with van der Waals surface area (Å²) in [4.78, 5) is 76.4. The van der Waals surface area contributed by atoms with Gasteiger partial charge in [-0.3, -0.25) is 28.9 Å². The number of carbonyl (C=O) groups excluding carboxylic acids is 5. The van der Waals surface area contributed by atoms with Crippen molar-refractivity contribution >= 4 is 53.3 Å². The normalized spacial score (nSPS) is 16.6. The average Bonchev–Trinajstić information content (AvgIpc) is 3.36. The number of aliphatic carboxylic acids is 1. The van der Waals surface area contributed by atoms with Crippen LogP contribution in [0.4, 0.5) is 11.4 Å². The molecule has 208 valence electrons. The van der Waals surface area contributed by atoms with Crippen LogP contribution in [0.2, 0.25) is 0 Å². The van der Waals surface area contributed by atoms with Gasteiger partial charge in [-0.1, -0.05) is 18.2 Å². The van der Waals surface area contributed by atoms with E-state index in [2.05, 4.69) is 10.6 Å². The molecule has 0 bridgehead atoms. The second-order valence-electron chi connectivity index (χ2n) is 8.96. The van der Waals surface area contributed by atoms with Crippen LogP contribution in [0.15, 0.2) is 48.5 Å². The Balaban J connectivity index is 1.56. The number of carbonyl (C=O) groups is 6. The van der Waals surface area contributed by atoms with Gasteiger partial charge in [-0.05, 0) is 35.9 Å². The predicted octanol–water partition coefficient (Wildman–Crippen LogP) is 0.471. The van der Waals surface area contributed by atoms with E-state index in [1.165, 1.54) is 30.0 Å². The Morgan fingerprint density at radius 3 is 2.52 bits per heavy atom. The van der Waals surface area contributed by atoms with Crippen LogP contribution in [0.3, 0.4) is 0 Å². The SMILES string of the molecule is CC(=O)N1C[C@H](NC(=O)/C=C/c2ccc3c(c2)OCO3)C(=O)N(CC(=O)N[C@H](C=O)CC(=O)O)c2ccccc21. The zero-order valence-electron chi connectivity index (χ0n) is 21.4. The average molecular weight is 551 g/mol. The number of para-hydroxylation sites is 2. The van der Waals surface area contributed by atoms with Gasteiger partial charge in [-0.25, -0.2) is 0 Å². The Hall–Kier alpha value is -5.20. The summed E-state index contributed by atoms with van der Waals surface area (Å²) in [7, 11) is 0. The second kappa shape index (κ2) is 12.1. The molecule has 0 aromatic heterocycles. The quantitative estimate of drug-likeness (QED) is 0.296. The summed E-state index contributed by atoms with van der Waals surface area (Å²) in [5, 5.41) is 13.8. The minimum atomic E-state index is -1.30. The lowest BCUT2D eigenvalue weighted by Gasteiger charge is -2.25. The summed E-state index contributed by atoms with van der Waals surface area (Å²) in [6.45, 7) is 0.613. The van der Waals surface area contributed by atoms with E-state index in [9.17, 15) is 28.8 Å². The number of carboxylic acids is 1. The Labute approximate surface area is 228 Å². The van der Waals surface area contributed by atoms with Gasteiger partial charge in [0.2, 0.25) is 24.5 Å². The number of hydrogen-bond acceptors (Lipinski definition) is 8. The zero-order valence-corrected chi connectivity index (χ0v) is 21.4. The number of nitrogens with zero attached hydrogens (tertiary/aromatic N) is 2. The molecule has 0 saturated heterocycles. The number of rotatable bonds is 9. The lowest BCUT2D eigenvalue weighted by molar-refractivity contribution is -0.139. The fourth-order valence-corrected chi connectivity index (χ4v) is 4.28. The largest absolute Gasteiger partial charge is 0.481 e. The molecule has 3 N–H and O–H groups in total. The lowest BCUT2D eigenvalue weighted by Crippen LogP contribution is -2.54. The van der Waals surface area contributed by atoms with Gasteiger partial charge in [0.15, 0.2) is 11.5 Å². The highest BCUT2D eigenvalue weighted by Crippen LogP contribution is 2.34. The van der Waals surface area contributed by atoms with E-state index in [0.29, 0.717) is 22.7 Å². The Morgan fingerprint density at radius 1 is 1.10 bits per heavy atom. The van der Waals surface area contributed by atoms with Crippen LogP contribution in [0.5, 0.6) is 11.5 Å². The summed E-state index contributed by atoms with van der Waals surface area (Å²) < 4.78 is 10.6. The summed E-state index contributed by atoms with van der Waals surface area (Å²) in [5.74, 6) is -2.68. The number of benzene rings is 2. The van der Waals surface area contributed by atoms with Crippen molar-refractivity contribution in [2.75, 3.05) is 29.7 Å². The molecule has 2 aromatic rings. The van der Waals surface area contributed by atoms with Crippen molar-refractivity contribution in [3.05, 3.63) is 54.1 Å². The smallest absolute Gasteiger partial charge is 0.305 e. The number of aldehydes is 1. The van der Waals surface area contributed by atoms with Gasteiger partial charge in [-0.15, -0.1) is 0 Å². The molecule has 2 aliphatic heterocycles. The maximum absolute atomic E-state index is 13.7. The first kappa shape index (κ1) is 27.8. The van der Waals surface area contributed by atoms with Crippen molar-refractivity contribution in [1.82, 2.24) is 10.6 Å². The first-order chi connectivity index (χ1) is 19.2. The molecule has 0 radical (unpaired) electrons. The van der Waals surface area contributed by atoms with Crippen molar-refractivity contribution < 1.29 is 43.3 Å². The first-order valence-electron chi connectivity index (χ1n) is 12.2. The van der Waals surface area contributed by atoms with E-state index in [-0.39, 0.29) is 25.3 Å². The van der Waals surface area contributed by atoms with Gasteiger partial charge in [0.25, 0.3) is 5.91 Å². The molecule has 2 aliphatic rings. The number of amides is 4. The maximum Gasteiger partial charge on any atom is 0.305 e. The van der Waals surface area contributed by atoms with Crippen LogP contribution in [0, 0.1) is 0 Å². The van der Waals surface area contributed by atoms with E-state index in [1.54, 1.807) is 36.4 Å². The van der Waals surface area contributed by atoms with Crippen molar-refractivity contribution in [1.29, 1.82) is 0 Å². The lowest BCUT2D eigenvalue weighted by atomic mass is 10.2. The molecule has 0 saturated carbocycles. The van der Waals surface area contributed by atoms with Crippen molar-refractivity contribution in [3.8, 4) is 11.5 Å². The topological polar surface area (TPSA) is 172 Å². The van der Waals surface area contributed by atoms with Crippen molar-refractivity contribution in [2.24, 2.45) is 0 Å². The number of hydrogen-bond donors (Lipinski definition) is 3. The molecule has 0 unspecified atom stereocenters. The van der Waals surface area contributed by atoms with Gasteiger partial charge >= 0.3 is 5.97 Å². The Bertz CT molecular complexity index is 1390. The highest BCUT2D eigenvalue weighted by molar-refractivity contribution is 6.10.